The molecule has 0 amide bonds. The Bertz CT molecular complexity index is 348. The lowest BCUT2D eigenvalue weighted by Crippen LogP contribution is -2.28. The SMILES string of the molecule is COc1cc(F)ccc1CC1CCNCC1. The van der Waals surface area contributed by atoms with Crippen LogP contribution in [0.2, 0.25) is 0 Å². The Morgan fingerprint density at radius 1 is 1.38 bits per heavy atom. The molecule has 0 atom stereocenters. The summed E-state index contributed by atoms with van der Waals surface area (Å²) >= 11 is 0. The van der Waals surface area contributed by atoms with Crippen LogP contribution in [-0.4, -0.2) is 20.2 Å². The van der Waals surface area contributed by atoms with Gasteiger partial charge in [0.25, 0.3) is 0 Å². The molecule has 1 aliphatic rings. The molecule has 1 N–H and O–H groups in total. The molecule has 0 spiro atoms. The molecule has 0 aromatic heterocycles. The van der Waals surface area contributed by atoms with E-state index in [9.17, 15) is 4.39 Å². The monoisotopic (exact) mass is 223 g/mol. The van der Waals surface area contributed by atoms with Crippen LogP contribution in [0.1, 0.15) is 18.4 Å². The highest BCUT2D eigenvalue weighted by Gasteiger charge is 2.15. The predicted molar refractivity (Wildman–Crippen MR) is 62.2 cm³/mol. The number of piperidine rings is 1. The molecule has 0 saturated carbocycles. The van der Waals surface area contributed by atoms with Gasteiger partial charge in [-0.1, -0.05) is 6.07 Å². The second-order valence-corrected chi connectivity index (χ2v) is 4.35. The third-order valence-corrected chi connectivity index (χ3v) is 3.22. The number of nitrogens with one attached hydrogen (secondary N) is 1. The molecule has 0 bridgehead atoms. The fourth-order valence-electron chi connectivity index (χ4n) is 2.28. The summed E-state index contributed by atoms with van der Waals surface area (Å²) < 4.78 is 18.2. The van der Waals surface area contributed by atoms with E-state index in [1.165, 1.54) is 25.0 Å². The minimum absolute atomic E-state index is 0.231. The van der Waals surface area contributed by atoms with Gasteiger partial charge in [0.2, 0.25) is 0 Å². The highest BCUT2D eigenvalue weighted by molar-refractivity contribution is 5.34. The van der Waals surface area contributed by atoms with E-state index in [1.54, 1.807) is 7.11 Å². The van der Waals surface area contributed by atoms with Crippen molar-refractivity contribution in [2.45, 2.75) is 19.3 Å². The number of ether oxygens (including phenoxy) is 1. The van der Waals surface area contributed by atoms with Gasteiger partial charge in [0.1, 0.15) is 11.6 Å². The van der Waals surface area contributed by atoms with Crippen LogP contribution in [0.4, 0.5) is 4.39 Å². The minimum atomic E-state index is -0.231. The lowest BCUT2D eigenvalue weighted by Gasteiger charge is -2.23. The standard InChI is InChI=1S/C13H18FNO/c1-16-13-9-12(14)3-2-11(13)8-10-4-6-15-7-5-10/h2-3,9-10,15H,4-8H2,1H3. The van der Waals surface area contributed by atoms with Crippen LogP contribution in [0.5, 0.6) is 5.75 Å². The molecule has 3 heteroatoms. The molecule has 1 aromatic carbocycles. The number of benzene rings is 1. The lowest BCUT2D eigenvalue weighted by atomic mass is 9.90. The van der Waals surface area contributed by atoms with Gasteiger partial charge in [-0.25, -0.2) is 4.39 Å². The van der Waals surface area contributed by atoms with E-state index in [4.69, 9.17) is 4.74 Å². The minimum Gasteiger partial charge on any atom is -0.496 e. The van der Waals surface area contributed by atoms with E-state index in [2.05, 4.69) is 5.32 Å². The summed E-state index contributed by atoms with van der Waals surface area (Å²) in [5.41, 5.74) is 1.12. The maximum atomic E-state index is 13.0. The van der Waals surface area contributed by atoms with E-state index < -0.39 is 0 Å². The zero-order chi connectivity index (χ0) is 11.4. The molecule has 16 heavy (non-hydrogen) atoms. The molecule has 1 saturated heterocycles. The van der Waals surface area contributed by atoms with Crippen molar-refractivity contribution in [1.82, 2.24) is 5.32 Å². The first-order valence-corrected chi connectivity index (χ1v) is 5.82. The molecule has 2 rings (SSSR count). The maximum absolute atomic E-state index is 13.0. The summed E-state index contributed by atoms with van der Waals surface area (Å²) in [6.45, 7) is 2.18. The van der Waals surface area contributed by atoms with Crippen molar-refractivity contribution in [3.05, 3.63) is 29.6 Å². The van der Waals surface area contributed by atoms with E-state index in [0.717, 1.165) is 25.1 Å². The van der Waals surface area contributed by atoms with Gasteiger partial charge in [0, 0.05) is 6.07 Å². The van der Waals surface area contributed by atoms with E-state index >= 15 is 0 Å². The van der Waals surface area contributed by atoms with Crippen molar-refractivity contribution in [2.75, 3.05) is 20.2 Å². The number of halogens is 1. The Morgan fingerprint density at radius 2 is 2.12 bits per heavy atom. The second kappa shape index (κ2) is 5.30. The largest absolute Gasteiger partial charge is 0.496 e. The molecule has 0 aliphatic carbocycles. The van der Waals surface area contributed by atoms with Crippen LogP contribution in [-0.2, 0) is 6.42 Å². The first kappa shape index (κ1) is 11.4. The summed E-state index contributed by atoms with van der Waals surface area (Å²) in [7, 11) is 1.60. The molecule has 1 aliphatic heterocycles. The Labute approximate surface area is 95.8 Å². The number of rotatable bonds is 3. The molecule has 2 nitrogen and oxygen atoms in total. The van der Waals surface area contributed by atoms with Gasteiger partial charge in [-0.05, 0) is 49.9 Å². The topological polar surface area (TPSA) is 21.3 Å². The number of hydrogen-bond acceptors (Lipinski definition) is 2. The summed E-state index contributed by atoms with van der Waals surface area (Å²) in [6.07, 6.45) is 3.38. The van der Waals surface area contributed by atoms with Crippen molar-refractivity contribution in [3.63, 3.8) is 0 Å². The van der Waals surface area contributed by atoms with Gasteiger partial charge in [-0.3, -0.25) is 0 Å². The van der Waals surface area contributed by atoms with Crippen molar-refractivity contribution in [3.8, 4) is 5.75 Å². The van der Waals surface area contributed by atoms with Crippen molar-refractivity contribution in [2.24, 2.45) is 5.92 Å². The first-order chi connectivity index (χ1) is 7.79. The number of methoxy groups -OCH3 is 1. The third-order valence-electron chi connectivity index (χ3n) is 3.22. The molecular formula is C13H18FNO. The van der Waals surface area contributed by atoms with Gasteiger partial charge in [-0.15, -0.1) is 0 Å². The van der Waals surface area contributed by atoms with Crippen molar-refractivity contribution >= 4 is 0 Å². The Hall–Kier alpha value is -1.09. The Balaban J connectivity index is 2.07. The lowest BCUT2D eigenvalue weighted by molar-refractivity contribution is 0.360. The van der Waals surface area contributed by atoms with Crippen LogP contribution in [0.15, 0.2) is 18.2 Å². The normalized spacial score (nSPS) is 17.4. The van der Waals surface area contributed by atoms with Crippen LogP contribution in [0.25, 0.3) is 0 Å². The molecule has 88 valence electrons. The first-order valence-electron chi connectivity index (χ1n) is 5.82. The molecular weight excluding hydrogens is 205 g/mol. The van der Waals surface area contributed by atoms with Gasteiger partial charge in [0.05, 0.1) is 7.11 Å². The average Bonchev–Trinajstić information content (AvgIpc) is 2.33. The fraction of sp³-hybridized carbons (Fsp3) is 0.538. The van der Waals surface area contributed by atoms with Gasteiger partial charge in [-0.2, -0.15) is 0 Å². The molecule has 0 unspecified atom stereocenters. The Kier molecular flexibility index (Phi) is 3.78. The van der Waals surface area contributed by atoms with Gasteiger partial charge >= 0.3 is 0 Å². The summed E-state index contributed by atoms with van der Waals surface area (Å²) in [4.78, 5) is 0. The van der Waals surface area contributed by atoms with E-state index in [1.807, 2.05) is 6.07 Å². The highest BCUT2D eigenvalue weighted by Crippen LogP contribution is 2.25. The highest BCUT2D eigenvalue weighted by atomic mass is 19.1. The van der Waals surface area contributed by atoms with Crippen molar-refractivity contribution in [1.29, 1.82) is 0 Å². The van der Waals surface area contributed by atoms with E-state index in [-0.39, 0.29) is 5.82 Å². The van der Waals surface area contributed by atoms with Gasteiger partial charge in [0.15, 0.2) is 0 Å². The molecule has 0 radical (unpaired) electrons. The second-order valence-electron chi connectivity index (χ2n) is 4.35. The molecule has 1 aromatic rings. The van der Waals surface area contributed by atoms with Crippen molar-refractivity contribution < 1.29 is 9.13 Å². The van der Waals surface area contributed by atoms with Crippen LogP contribution < -0.4 is 10.1 Å². The van der Waals surface area contributed by atoms with Gasteiger partial charge < -0.3 is 10.1 Å². The summed E-state index contributed by atoms with van der Waals surface area (Å²) in [5.74, 6) is 1.14. The smallest absolute Gasteiger partial charge is 0.126 e. The van der Waals surface area contributed by atoms with Crippen LogP contribution in [0, 0.1) is 11.7 Å². The van der Waals surface area contributed by atoms with E-state index in [0.29, 0.717) is 11.7 Å². The van der Waals surface area contributed by atoms with Crippen LogP contribution in [0.3, 0.4) is 0 Å². The molecule has 1 heterocycles. The zero-order valence-electron chi connectivity index (χ0n) is 9.63. The zero-order valence-corrected chi connectivity index (χ0v) is 9.63. The quantitative estimate of drug-likeness (QED) is 0.849. The Morgan fingerprint density at radius 3 is 2.81 bits per heavy atom. The summed E-state index contributed by atoms with van der Waals surface area (Å²) in [6, 6.07) is 4.82. The summed E-state index contributed by atoms with van der Waals surface area (Å²) in [5, 5.41) is 3.35. The fourth-order valence-corrected chi connectivity index (χ4v) is 2.28. The predicted octanol–water partition coefficient (Wildman–Crippen LogP) is 2.38. The van der Waals surface area contributed by atoms with Crippen LogP contribution >= 0.6 is 0 Å². The average molecular weight is 223 g/mol. The third kappa shape index (κ3) is 2.73. The molecule has 1 fully saturated rings. The maximum Gasteiger partial charge on any atom is 0.126 e. The number of hydrogen-bond donors (Lipinski definition) is 1.